The summed E-state index contributed by atoms with van der Waals surface area (Å²) in [5.74, 6) is -0.577. The minimum absolute atomic E-state index is 0.142. The topological polar surface area (TPSA) is 158 Å². The van der Waals surface area contributed by atoms with Crippen LogP contribution in [-0.2, 0) is 23.4 Å². The number of aromatic amines is 1. The van der Waals surface area contributed by atoms with Gasteiger partial charge in [-0.1, -0.05) is 18.2 Å². The van der Waals surface area contributed by atoms with Crippen molar-refractivity contribution < 1.29 is 37.4 Å². The first-order valence-corrected chi connectivity index (χ1v) is 13.2. The normalized spacial score (nSPS) is 26.4. The van der Waals surface area contributed by atoms with Crippen molar-refractivity contribution in [2.45, 2.75) is 55.9 Å². The molecule has 3 rings (SSSR count). The number of esters is 1. The Labute approximate surface area is 213 Å². The Kier molecular flexibility index (Phi) is 8.91. The summed E-state index contributed by atoms with van der Waals surface area (Å²) in [6.45, 7) is 4.01. The summed E-state index contributed by atoms with van der Waals surface area (Å²) in [5.41, 5.74) is -1.68. The Morgan fingerprint density at radius 2 is 1.97 bits per heavy atom. The fourth-order valence-corrected chi connectivity index (χ4v) is 5.35. The number of ether oxygens (including phenoxy) is 2. The largest absolute Gasteiger partial charge is 0.462 e. The second-order valence-corrected chi connectivity index (χ2v) is 11.1. The fraction of sp³-hybridized carbons (Fsp3) is 0.476. The summed E-state index contributed by atoms with van der Waals surface area (Å²) in [7, 11) is -4.32. The highest BCUT2D eigenvalue weighted by Gasteiger charge is 2.57. The number of halogens is 2. The van der Waals surface area contributed by atoms with Crippen molar-refractivity contribution in [2.75, 3.05) is 6.61 Å². The molecule has 12 nitrogen and oxygen atoms in total. The van der Waals surface area contributed by atoms with Gasteiger partial charge < -0.3 is 19.1 Å². The van der Waals surface area contributed by atoms with E-state index in [2.05, 4.69) is 21.0 Å². The molecule has 6 atom stereocenters. The number of carbonyl (C=O) groups excluding carboxylic acids is 1. The first-order chi connectivity index (χ1) is 16.8. The van der Waals surface area contributed by atoms with Crippen LogP contribution in [0.3, 0.4) is 0 Å². The number of hydrogen-bond acceptors (Lipinski definition) is 9. The predicted octanol–water partition coefficient (Wildman–Crippen LogP) is 1.99. The molecule has 0 aliphatic carbocycles. The lowest BCUT2D eigenvalue weighted by Gasteiger charge is -2.25. The van der Waals surface area contributed by atoms with Gasteiger partial charge in [-0.3, -0.25) is 23.7 Å². The van der Waals surface area contributed by atoms with E-state index in [1.165, 1.54) is 19.1 Å². The molecular formula is C21H26BrFN3O9P. The van der Waals surface area contributed by atoms with Gasteiger partial charge in [0.2, 0.25) is 4.58 Å². The van der Waals surface area contributed by atoms with E-state index in [-0.39, 0.29) is 5.75 Å². The molecule has 1 saturated heterocycles. The van der Waals surface area contributed by atoms with Crippen molar-refractivity contribution in [2.24, 2.45) is 0 Å². The zero-order valence-corrected chi connectivity index (χ0v) is 22.0. The molecule has 15 heteroatoms. The quantitative estimate of drug-likeness (QED) is 0.211. The Bertz CT molecular complexity index is 1220. The van der Waals surface area contributed by atoms with Crippen LogP contribution in [0.2, 0.25) is 0 Å². The van der Waals surface area contributed by atoms with Gasteiger partial charge in [0.25, 0.3) is 5.56 Å². The van der Waals surface area contributed by atoms with Crippen molar-refractivity contribution in [3.63, 3.8) is 0 Å². The summed E-state index contributed by atoms with van der Waals surface area (Å²) in [5, 5.41) is 13.0. The Morgan fingerprint density at radius 3 is 2.58 bits per heavy atom. The van der Waals surface area contributed by atoms with Crippen LogP contribution in [0.1, 0.15) is 27.0 Å². The highest BCUT2D eigenvalue weighted by molar-refractivity contribution is 9.10. The molecule has 1 unspecified atom stereocenters. The Balaban J connectivity index is 1.80. The zero-order valence-electron chi connectivity index (χ0n) is 19.5. The average Bonchev–Trinajstić information content (AvgIpc) is 3.01. The van der Waals surface area contributed by atoms with Crippen molar-refractivity contribution in [1.29, 1.82) is 0 Å². The molecule has 0 spiro atoms. The number of para-hydroxylation sites is 1. The molecule has 2 aromatic rings. The molecule has 1 aliphatic heterocycles. The lowest BCUT2D eigenvalue weighted by Crippen LogP contribution is -2.41. The number of rotatable bonds is 10. The summed E-state index contributed by atoms with van der Waals surface area (Å²) >= 11 is 2.73. The first kappa shape index (κ1) is 28.2. The van der Waals surface area contributed by atoms with Gasteiger partial charge in [-0.2, -0.15) is 5.09 Å². The molecule has 0 saturated carbocycles. The highest BCUT2D eigenvalue weighted by Crippen LogP contribution is 2.49. The van der Waals surface area contributed by atoms with E-state index in [1.54, 1.807) is 32.0 Å². The fourth-order valence-electron chi connectivity index (χ4n) is 3.22. The van der Waals surface area contributed by atoms with Crippen molar-refractivity contribution >= 4 is 29.6 Å². The van der Waals surface area contributed by atoms with Gasteiger partial charge in [0.15, 0.2) is 6.23 Å². The van der Waals surface area contributed by atoms with Gasteiger partial charge in [-0.25, -0.2) is 13.8 Å². The van der Waals surface area contributed by atoms with Gasteiger partial charge in [0, 0.05) is 12.3 Å². The average molecular weight is 594 g/mol. The molecule has 3 N–H and O–H groups in total. The van der Waals surface area contributed by atoms with E-state index in [0.717, 1.165) is 16.8 Å². The van der Waals surface area contributed by atoms with E-state index < -0.39 is 66.7 Å². The van der Waals surface area contributed by atoms with Crippen LogP contribution in [0.5, 0.6) is 5.75 Å². The number of nitrogens with zero attached hydrogens (tertiary/aromatic N) is 1. The summed E-state index contributed by atoms with van der Waals surface area (Å²) < 4.78 is 48.5. The maximum atomic E-state index is 15.3. The summed E-state index contributed by atoms with van der Waals surface area (Å²) in [6.07, 6.45) is -4.46. The number of alkyl halides is 2. The van der Waals surface area contributed by atoms with Crippen LogP contribution in [-0.4, -0.2) is 56.2 Å². The number of aliphatic hydroxyl groups excluding tert-OH is 1. The maximum absolute atomic E-state index is 15.3. The van der Waals surface area contributed by atoms with Crippen molar-refractivity contribution in [1.82, 2.24) is 14.6 Å². The Morgan fingerprint density at radius 1 is 1.31 bits per heavy atom. The van der Waals surface area contributed by atoms with E-state index >= 15 is 4.39 Å². The van der Waals surface area contributed by atoms with E-state index in [4.69, 9.17) is 18.5 Å². The van der Waals surface area contributed by atoms with Crippen LogP contribution in [0.25, 0.3) is 0 Å². The molecule has 0 amide bonds. The van der Waals surface area contributed by atoms with Crippen molar-refractivity contribution in [3.05, 3.63) is 63.4 Å². The summed E-state index contributed by atoms with van der Waals surface area (Å²) in [4.78, 5) is 37.7. The molecule has 0 radical (unpaired) electrons. The molecular weight excluding hydrogens is 568 g/mol. The van der Waals surface area contributed by atoms with Crippen LogP contribution >= 0.6 is 23.7 Å². The zero-order chi connectivity index (χ0) is 26.7. The molecule has 198 valence electrons. The van der Waals surface area contributed by atoms with Crippen LogP contribution in [0, 0.1) is 0 Å². The van der Waals surface area contributed by atoms with Gasteiger partial charge in [0.1, 0.15) is 24.0 Å². The lowest BCUT2D eigenvalue weighted by molar-refractivity contribution is -0.149. The smallest absolute Gasteiger partial charge is 0.459 e. The monoisotopic (exact) mass is 593 g/mol. The van der Waals surface area contributed by atoms with Gasteiger partial charge in [-0.05, 0) is 48.8 Å². The molecule has 1 fully saturated rings. The molecule has 1 aliphatic rings. The van der Waals surface area contributed by atoms with Crippen LogP contribution in [0.4, 0.5) is 4.39 Å². The third-order valence-electron chi connectivity index (χ3n) is 4.92. The molecule has 36 heavy (non-hydrogen) atoms. The molecule has 1 aromatic carbocycles. The van der Waals surface area contributed by atoms with E-state index in [0.29, 0.717) is 0 Å². The van der Waals surface area contributed by atoms with Crippen LogP contribution in [0.15, 0.2) is 52.2 Å². The number of benzene rings is 1. The highest BCUT2D eigenvalue weighted by atomic mass is 79.9. The second-order valence-electron chi connectivity index (χ2n) is 8.20. The number of H-pyrrole nitrogens is 1. The Hall–Kier alpha value is -2.35. The number of hydrogen-bond donors (Lipinski definition) is 3. The number of aromatic nitrogens is 2. The summed E-state index contributed by atoms with van der Waals surface area (Å²) in [6, 6.07) is 7.79. The maximum Gasteiger partial charge on any atom is 0.459 e. The SMILES string of the molecule is CC(C)OC(=O)[C@H](C)NP(=O)(OC[C@H]1O[C@@H](n2ccc(=O)[nH]c2=O)[C@](F)(Br)[C@@H]1O)Oc1ccccc1. The third kappa shape index (κ3) is 6.69. The van der Waals surface area contributed by atoms with Gasteiger partial charge in [0.05, 0.1) is 12.7 Å². The van der Waals surface area contributed by atoms with E-state index in [1.807, 2.05) is 4.98 Å². The molecule has 0 bridgehead atoms. The van der Waals surface area contributed by atoms with Gasteiger partial charge in [-0.15, -0.1) is 0 Å². The molecule has 1 aromatic heterocycles. The minimum atomic E-state index is -4.32. The van der Waals surface area contributed by atoms with Gasteiger partial charge >= 0.3 is 19.4 Å². The third-order valence-corrected chi connectivity index (χ3v) is 7.42. The number of nitrogens with one attached hydrogen (secondary N) is 2. The van der Waals surface area contributed by atoms with Crippen molar-refractivity contribution in [3.8, 4) is 5.75 Å². The minimum Gasteiger partial charge on any atom is -0.462 e. The number of aliphatic hydroxyl groups is 1. The first-order valence-electron chi connectivity index (χ1n) is 10.8. The standard InChI is InChI=1S/C21H26BrFN3O9P/c1-12(2)33-18(29)13(3)25-36(31,35-14-7-5-4-6-8-14)32-11-15-17(28)21(22,23)19(34-15)26-10-9-16(27)24-20(26)30/h4-10,12-13,15,17,19,28H,11H2,1-3H3,(H,25,31)(H,24,27,30)/t13-,15+,17+,19+,21-,36?/m0/s1. The number of carbonyl (C=O) groups is 1. The lowest BCUT2D eigenvalue weighted by atomic mass is 10.1. The molecule has 2 heterocycles. The predicted molar refractivity (Wildman–Crippen MR) is 128 cm³/mol. The van der Waals surface area contributed by atoms with Crippen LogP contribution < -0.4 is 20.9 Å². The second kappa shape index (κ2) is 11.4. The van der Waals surface area contributed by atoms with E-state index in [9.17, 15) is 24.1 Å².